The van der Waals surface area contributed by atoms with Crippen LogP contribution >= 0.6 is 15.9 Å². The number of rotatable bonds is 3. The van der Waals surface area contributed by atoms with Crippen LogP contribution in [0.2, 0.25) is 0 Å². The fraction of sp³-hybridized carbons (Fsp3) is 0.353. The standard InChI is InChI=1S/C17H20BrN3/c1-13-10-14(18)12-16(11-13)20-15-4-8-21(9-5-15)17-2-6-19-7-3-17/h2-3,6-7,10-12,15,20H,4-5,8-9H2,1H3. The van der Waals surface area contributed by atoms with Gasteiger partial charge in [0.25, 0.3) is 0 Å². The summed E-state index contributed by atoms with van der Waals surface area (Å²) in [5, 5.41) is 3.67. The first-order valence-electron chi connectivity index (χ1n) is 7.39. The summed E-state index contributed by atoms with van der Waals surface area (Å²) < 4.78 is 1.14. The number of nitrogens with one attached hydrogen (secondary N) is 1. The van der Waals surface area contributed by atoms with E-state index in [4.69, 9.17) is 0 Å². The topological polar surface area (TPSA) is 28.2 Å². The van der Waals surface area contributed by atoms with Crippen LogP contribution in [0.25, 0.3) is 0 Å². The average Bonchev–Trinajstić information content (AvgIpc) is 2.48. The predicted octanol–water partition coefficient (Wildman–Crippen LogP) is 4.23. The molecule has 21 heavy (non-hydrogen) atoms. The van der Waals surface area contributed by atoms with Crippen LogP contribution in [0.5, 0.6) is 0 Å². The first-order valence-corrected chi connectivity index (χ1v) is 8.19. The molecule has 1 aliphatic rings. The summed E-state index contributed by atoms with van der Waals surface area (Å²) >= 11 is 3.56. The summed E-state index contributed by atoms with van der Waals surface area (Å²) in [6.45, 7) is 4.31. The van der Waals surface area contributed by atoms with E-state index in [0.717, 1.165) is 30.4 Å². The highest BCUT2D eigenvalue weighted by Gasteiger charge is 2.19. The van der Waals surface area contributed by atoms with E-state index in [9.17, 15) is 0 Å². The lowest BCUT2D eigenvalue weighted by Crippen LogP contribution is -2.39. The van der Waals surface area contributed by atoms with Gasteiger partial charge in [-0.3, -0.25) is 4.98 Å². The maximum Gasteiger partial charge on any atom is 0.0397 e. The molecule has 1 N–H and O–H groups in total. The molecular weight excluding hydrogens is 326 g/mol. The van der Waals surface area contributed by atoms with Crippen molar-refractivity contribution in [3.05, 3.63) is 52.8 Å². The molecule has 2 heterocycles. The number of aryl methyl sites for hydroxylation is 1. The van der Waals surface area contributed by atoms with E-state index in [0.29, 0.717) is 6.04 Å². The summed E-state index contributed by atoms with van der Waals surface area (Å²) in [6, 6.07) is 11.2. The van der Waals surface area contributed by atoms with Crippen molar-refractivity contribution < 1.29 is 0 Å². The molecule has 0 spiro atoms. The Morgan fingerprint density at radius 1 is 1.14 bits per heavy atom. The van der Waals surface area contributed by atoms with Gasteiger partial charge in [0.15, 0.2) is 0 Å². The molecule has 0 unspecified atom stereocenters. The lowest BCUT2D eigenvalue weighted by molar-refractivity contribution is 0.526. The van der Waals surface area contributed by atoms with Gasteiger partial charge < -0.3 is 10.2 Å². The molecule has 1 saturated heterocycles. The Bertz CT molecular complexity index is 572. The second-order valence-corrected chi connectivity index (χ2v) is 6.54. The van der Waals surface area contributed by atoms with Gasteiger partial charge in [-0.15, -0.1) is 0 Å². The maximum atomic E-state index is 4.08. The summed E-state index contributed by atoms with van der Waals surface area (Å²) in [5.41, 5.74) is 3.77. The summed E-state index contributed by atoms with van der Waals surface area (Å²) in [7, 11) is 0. The largest absolute Gasteiger partial charge is 0.382 e. The number of anilines is 2. The zero-order valence-electron chi connectivity index (χ0n) is 12.2. The molecule has 1 aromatic carbocycles. The third-order valence-corrected chi connectivity index (χ3v) is 4.39. The average molecular weight is 346 g/mol. The highest BCUT2D eigenvalue weighted by Crippen LogP contribution is 2.24. The van der Waals surface area contributed by atoms with Crippen molar-refractivity contribution in [1.82, 2.24) is 4.98 Å². The summed E-state index contributed by atoms with van der Waals surface area (Å²) in [4.78, 5) is 6.52. The minimum Gasteiger partial charge on any atom is -0.382 e. The van der Waals surface area contributed by atoms with Crippen LogP contribution in [0.1, 0.15) is 18.4 Å². The molecule has 0 saturated carbocycles. The fourth-order valence-corrected chi connectivity index (χ4v) is 3.50. The minimum atomic E-state index is 0.553. The van der Waals surface area contributed by atoms with Crippen LogP contribution in [-0.2, 0) is 0 Å². The Morgan fingerprint density at radius 2 is 1.86 bits per heavy atom. The molecule has 3 rings (SSSR count). The molecular formula is C17H20BrN3. The lowest BCUT2D eigenvalue weighted by Gasteiger charge is -2.34. The molecule has 3 nitrogen and oxygen atoms in total. The normalized spacial score (nSPS) is 16.0. The number of aromatic nitrogens is 1. The van der Waals surface area contributed by atoms with Crippen molar-refractivity contribution >= 4 is 27.3 Å². The first kappa shape index (κ1) is 14.4. The zero-order valence-corrected chi connectivity index (χ0v) is 13.8. The van der Waals surface area contributed by atoms with Crippen molar-refractivity contribution in [2.24, 2.45) is 0 Å². The van der Waals surface area contributed by atoms with E-state index >= 15 is 0 Å². The summed E-state index contributed by atoms with van der Waals surface area (Å²) in [6.07, 6.45) is 6.05. The smallest absolute Gasteiger partial charge is 0.0397 e. The van der Waals surface area contributed by atoms with Gasteiger partial charge in [0.2, 0.25) is 0 Å². The number of hydrogen-bond acceptors (Lipinski definition) is 3. The Balaban J connectivity index is 1.58. The number of halogens is 1. The van der Waals surface area contributed by atoms with E-state index in [-0.39, 0.29) is 0 Å². The van der Waals surface area contributed by atoms with Gasteiger partial charge >= 0.3 is 0 Å². The molecule has 0 radical (unpaired) electrons. The monoisotopic (exact) mass is 345 g/mol. The van der Waals surface area contributed by atoms with E-state index in [1.54, 1.807) is 0 Å². The van der Waals surface area contributed by atoms with Crippen LogP contribution in [-0.4, -0.2) is 24.1 Å². The van der Waals surface area contributed by atoms with Crippen LogP contribution in [0.15, 0.2) is 47.2 Å². The maximum absolute atomic E-state index is 4.08. The van der Waals surface area contributed by atoms with E-state index in [1.165, 1.54) is 16.9 Å². The van der Waals surface area contributed by atoms with Gasteiger partial charge in [-0.05, 0) is 55.7 Å². The van der Waals surface area contributed by atoms with Gasteiger partial charge in [-0.25, -0.2) is 0 Å². The fourth-order valence-electron chi connectivity index (χ4n) is 2.89. The van der Waals surface area contributed by atoms with E-state index in [1.807, 2.05) is 12.4 Å². The second kappa shape index (κ2) is 6.48. The van der Waals surface area contributed by atoms with Gasteiger partial charge in [-0.1, -0.05) is 15.9 Å². The second-order valence-electron chi connectivity index (χ2n) is 5.63. The molecule has 0 amide bonds. The van der Waals surface area contributed by atoms with Gasteiger partial charge in [-0.2, -0.15) is 0 Å². The SMILES string of the molecule is Cc1cc(Br)cc(NC2CCN(c3ccncc3)CC2)c1. The molecule has 0 aliphatic carbocycles. The Kier molecular flexibility index (Phi) is 4.44. The number of pyridine rings is 1. The van der Waals surface area contributed by atoms with E-state index < -0.39 is 0 Å². The molecule has 1 aromatic heterocycles. The molecule has 2 aromatic rings. The molecule has 1 aliphatic heterocycles. The van der Waals surface area contributed by atoms with Gasteiger partial charge in [0.1, 0.15) is 0 Å². The third-order valence-electron chi connectivity index (χ3n) is 3.94. The van der Waals surface area contributed by atoms with Crippen molar-refractivity contribution in [2.45, 2.75) is 25.8 Å². The number of piperidine rings is 1. The molecule has 110 valence electrons. The molecule has 1 fully saturated rings. The highest BCUT2D eigenvalue weighted by molar-refractivity contribution is 9.10. The number of nitrogens with zero attached hydrogens (tertiary/aromatic N) is 2. The quantitative estimate of drug-likeness (QED) is 0.901. The lowest BCUT2D eigenvalue weighted by atomic mass is 10.0. The zero-order chi connectivity index (χ0) is 14.7. The van der Waals surface area contributed by atoms with E-state index in [2.05, 4.69) is 68.4 Å². The van der Waals surface area contributed by atoms with Gasteiger partial charge in [0.05, 0.1) is 0 Å². The first-order chi connectivity index (χ1) is 10.2. The molecule has 0 atom stereocenters. The Morgan fingerprint density at radius 3 is 2.52 bits per heavy atom. The highest BCUT2D eigenvalue weighted by atomic mass is 79.9. The number of hydrogen-bond donors (Lipinski definition) is 1. The van der Waals surface area contributed by atoms with Gasteiger partial charge in [0, 0.05) is 47.4 Å². The molecule has 0 bridgehead atoms. The Hall–Kier alpha value is -1.55. The van der Waals surface area contributed by atoms with Crippen LogP contribution in [0.3, 0.4) is 0 Å². The number of benzene rings is 1. The van der Waals surface area contributed by atoms with Crippen molar-refractivity contribution in [3.8, 4) is 0 Å². The van der Waals surface area contributed by atoms with Crippen LogP contribution < -0.4 is 10.2 Å². The van der Waals surface area contributed by atoms with Crippen LogP contribution in [0.4, 0.5) is 11.4 Å². The summed E-state index contributed by atoms with van der Waals surface area (Å²) in [5.74, 6) is 0. The minimum absolute atomic E-state index is 0.553. The Labute approximate surface area is 134 Å². The third kappa shape index (κ3) is 3.76. The van der Waals surface area contributed by atoms with Crippen molar-refractivity contribution in [1.29, 1.82) is 0 Å². The van der Waals surface area contributed by atoms with Crippen molar-refractivity contribution in [2.75, 3.05) is 23.3 Å². The van der Waals surface area contributed by atoms with Crippen LogP contribution in [0, 0.1) is 6.92 Å². The van der Waals surface area contributed by atoms with Crippen molar-refractivity contribution in [3.63, 3.8) is 0 Å². The predicted molar refractivity (Wildman–Crippen MR) is 92.0 cm³/mol. The molecule has 4 heteroatoms.